The van der Waals surface area contributed by atoms with Crippen molar-refractivity contribution < 1.29 is 9.41 Å². The van der Waals surface area contributed by atoms with Crippen molar-refractivity contribution in [2.45, 2.75) is 50.9 Å². The third-order valence-corrected chi connectivity index (χ3v) is 6.14. The molecule has 2 saturated heterocycles. The van der Waals surface area contributed by atoms with E-state index < -0.39 is 0 Å². The summed E-state index contributed by atoms with van der Waals surface area (Å²) >= 11 is 0. The fourth-order valence-electron chi connectivity index (χ4n) is 4.97. The van der Waals surface area contributed by atoms with Crippen LogP contribution < -0.4 is 0 Å². The minimum Gasteiger partial charge on any atom is -0.311 e. The Labute approximate surface area is 148 Å². The second-order valence-electron chi connectivity index (χ2n) is 7.44. The van der Waals surface area contributed by atoms with Crippen LogP contribution in [0.3, 0.4) is 0 Å². The van der Waals surface area contributed by atoms with Gasteiger partial charge >= 0.3 is 0 Å². The molecule has 25 heavy (non-hydrogen) atoms. The minimum absolute atomic E-state index is 0.230. The van der Waals surface area contributed by atoms with Crippen LogP contribution in [0.1, 0.15) is 36.8 Å². The number of benzene rings is 2. The zero-order valence-electron chi connectivity index (χ0n) is 14.4. The lowest BCUT2D eigenvalue weighted by Crippen LogP contribution is -2.57. The molecule has 2 aliphatic rings. The van der Waals surface area contributed by atoms with Crippen LogP contribution in [-0.4, -0.2) is 21.5 Å². The Morgan fingerprint density at radius 1 is 0.920 bits per heavy atom. The predicted molar refractivity (Wildman–Crippen MR) is 97.6 cm³/mol. The van der Waals surface area contributed by atoms with E-state index in [1.807, 2.05) is 12.1 Å². The summed E-state index contributed by atoms with van der Waals surface area (Å²) in [5, 5.41) is 11.5. The molecule has 2 atom stereocenters. The number of para-hydroxylation sites is 1. The van der Waals surface area contributed by atoms with Crippen LogP contribution in [0.15, 0.2) is 54.6 Å². The van der Waals surface area contributed by atoms with Crippen LogP contribution in [0.2, 0.25) is 0 Å². The van der Waals surface area contributed by atoms with Gasteiger partial charge in [-0.25, -0.2) is 0 Å². The number of hydrogen-bond donors (Lipinski definition) is 0. The molecule has 2 heterocycles. The lowest BCUT2D eigenvalue weighted by atomic mass is 9.95. The van der Waals surface area contributed by atoms with Gasteiger partial charge < -0.3 is 4.48 Å². The van der Waals surface area contributed by atoms with Crippen molar-refractivity contribution in [3.63, 3.8) is 0 Å². The molecule has 0 aromatic heterocycles. The van der Waals surface area contributed by atoms with Crippen molar-refractivity contribution >= 4 is 5.69 Å². The first-order chi connectivity index (χ1) is 12.2. The maximum Gasteiger partial charge on any atom is 0.278 e. The second kappa shape index (κ2) is 6.60. The molecule has 4 nitrogen and oxygen atoms in total. The van der Waals surface area contributed by atoms with E-state index in [0.717, 1.165) is 36.0 Å². The van der Waals surface area contributed by atoms with Gasteiger partial charge in [-0.3, -0.25) is 10.1 Å². The third kappa shape index (κ3) is 2.95. The van der Waals surface area contributed by atoms with E-state index in [4.69, 9.17) is 0 Å². The van der Waals surface area contributed by atoms with Gasteiger partial charge in [0.15, 0.2) is 0 Å². The molecular weight excluding hydrogens is 312 g/mol. The average Bonchev–Trinajstić information content (AvgIpc) is 2.80. The summed E-state index contributed by atoms with van der Waals surface area (Å²) in [7, 11) is 0. The third-order valence-electron chi connectivity index (χ3n) is 6.14. The van der Waals surface area contributed by atoms with Crippen LogP contribution in [0, 0.1) is 16.5 Å². The van der Waals surface area contributed by atoms with Gasteiger partial charge in [-0.2, -0.15) is 0 Å². The van der Waals surface area contributed by atoms with E-state index in [0.29, 0.717) is 12.1 Å². The molecule has 2 fully saturated rings. The molecule has 4 heteroatoms. The van der Waals surface area contributed by atoms with E-state index in [1.54, 1.807) is 12.1 Å². The Kier molecular flexibility index (Phi) is 4.30. The molecule has 4 rings (SSSR count). The van der Waals surface area contributed by atoms with Crippen LogP contribution in [0.25, 0.3) is 0 Å². The normalized spacial score (nSPS) is 28.0. The van der Waals surface area contributed by atoms with E-state index in [1.165, 1.54) is 18.4 Å². The van der Waals surface area contributed by atoms with Gasteiger partial charge in [0, 0.05) is 37.3 Å². The van der Waals surface area contributed by atoms with Crippen molar-refractivity contribution in [2.75, 3.05) is 0 Å². The Balaban J connectivity index is 1.73. The fourth-order valence-corrected chi connectivity index (χ4v) is 4.97. The summed E-state index contributed by atoms with van der Waals surface area (Å²) in [4.78, 5) is 11.3. The fraction of sp³-hybridized carbons (Fsp3) is 0.381. The maximum absolute atomic E-state index is 11.5. The van der Waals surface area contributed by atoms with Gasteiger partial charge in [0.2, 0.25) is 0 Å². The first-order valence-electron chi connectivity index (χ1n) is 9.13. The number of fused-ring (bicyclic) bond motifs is 2. The van der Waals surface area contributed by atoms with Gasteiger partial charge in [0.25, 0.3) is 5.69 Å². The standard InChI is InChI=1S/C21H24N2O2/c24-22(25)21-12-5-4-9-18(21)16-23(15-17-7-2-1-3-8-17)19-10-6-11-20(23)14-13-19/h1-9,12,19-20H,10-11,13-16H2/q+1. The zero-order valence-corrected chi connectivity index (χ0v) is 14.4. The molecule has 0 spiro atoms. The topological polar surface area (TPSA) is 43.1 Å². The maximum atomic E-state index is 11.5. The van der Waals surface area contributed by atoms with Crippen molar-refractivity contribution in [1.29, 1.82) is 0 Å². The van der Waals surface area contributed by atoms with Crippen molar-refractivity contribution in [1.82, 2.24) is 0 Å². The van der Waals surface area contributed by atoms with Crippen LogP contribution in [0.4, 0.5) is 5.69 Å². The van der Waals surface area contributed by atoms with Crippen LogP contribution in [0.5, 0.6) is 0 Å². The molecule has 1 radical (unpaired) electrons. The van der Waals surface area contributed by atoms with Crippen molar-refractivity contribution in [3.05, 3.63) is 82.3 Å². The first kappa shape index (κ1) is 16.3. The SMILES string of the molecule is O=[N+]([O-])c1ccccc1C[N+]1(Cc2ccccc2)C2C[CH]CC1CC2. The number of nitro groups is 1. The van der Waals surface area contributed by atoms with E-state index in [-0.39, 0.29) is 10.6 Å². The quantitative estimate of drug-likeness (QED) is 0.453. The van der Waals surface area contributed by atoms with Gasteiger partial charge in [-0.15, -0.1) is 0 Å². The lowest BCUT2D eigenvalue weighted by molar-refractivity contribution is -0.988. The van der Waals surface area contributed by atoms with Gasteiger partial charge in [-0.05, 0) is 12.5 Å². The molecule has 0 amide bonds. The molecular formula is C21H24N2O2+. The van der Waals surface area contributed by atoms with Crippen molar-refractivity contribution in [3.8, 4) is 0 Å². The highest BCUT2D eigenvalue weighted by Gasteiger charge is 2.51. The molecule has 129 valence electrons. The summed E-state index contributed by atoms with van der Waals surface area (Å²) < 4.78 is 0.978. The van der Waals surface area contributed by atoms with Gasteiger partial charge in [0.05, 0.1) is 22.6 Å². The van der Waals surface area contributed by atoms with E-state index in [9.17, 15) is 10.1 Å². The van der Waals surface area contributed by atoms with E-state index in [2.05, 4.69) is 36.8 Å². The zero-order chi connectivity index (χ0) is 17.3. The summed E-state index contributed by atoms with van der Waals surface area (Å²) in [5.74, 6) is 0. The lowest BCUT2D eigenvalue weighted by Gasteiger charge is -2.48. The molecule has 0 N–H and O–H groups in total. The monoisotopic (exact) mass is 336 g/mol. The summed E-state index contributed by atoms with van der Waals surface area (Å²) in [6, 6.07) is 19.1. The highest BCUT2D eigenvalue weighted by atomic mass is 16.6. The van der Waals surface area contributed by atoms with Gasteiger partial charge in [-0.1, -0.05) is 42.5 Å². The summed E-state index contributed by atoms with van der Waals surface area (Å²) in [6.45, 7) is 1.73. The highest BCUT2D eigenvalue weighted by molar-refractivity contribution is 5.39. The molecule has 2 unspecified atom stereocenters. The second-order valence-corrected chi connectivity index (χ2v) is 7.44. The number of nitrogens with zero attached hydrogens (tertiary/aromatic N) is 2. The number of nitro benzene ring substituents is 1. The summed E-state index contributed by atoms with van der Waals surface area (Å²) in [5.41, 5.74) is 2.48. The predicted octanol–water partition coefficient (Wildman–Crippen LogP) is 4.64. The molecule has 0 aliphatic carbocycles. The average molecular weight is 336 g/mol. The van der Waals surface area contributed by atoms with Crippen LogP contribution in [-0.2, 0) is 13.1 Å². The number of hydrogen-bond acceptors (Lipinski definition) is 2. The minimum atomic E-state index is -0.230. The van der Waals surface area contributed by atoms with Gasteiger partial charge in [0.1, 0.15) is 13.1 Å². The Hall–Kier alpha value is -2.20. The Morgan fingerprint density at radius 2 is 1.56 bits per heavy atom. The molecule has 2 aromatic carbocycles. The van der Waals surface area contributed by atoms with Crippen molar-refractivity contribution in [2.24, 2.45) is 0 Å². The summed E-state index contributed by atoms with van der Waals surface area (Å²) in [6.07, 6.45) is 7.15. The number of rotatable bonds is 5. The number of quaternary nitrogens is 1. The molecule has 2 aromatic rings. The first-order valence-corrected chi connectivity index (χ1v) is 9.13. The van der Waals surface area contributed by atoms with Crippen LogP contribution >= 0.6 is 0 Å². The molecule has 2 aliphatic heterocycles. The molecule has 0 saturated carbocycles. The highest BCUT2D eigenvalue weighted by Crippen LogP contribution is 2.46. The Bertz CT molecular complexity index is 744. The smallest absolute Gasteiger partial charge is 0.278 e. The van der Waals surface area contributed by atoms with E-state index >= 15 is 0 Å². The molecule has 2 bridgehead atoms. The Morgan fingerprint density at radius 3 is 2.24 bits per heavy atom. The largest absolute Gasteiger partial charge is 0.311 e. The number of piperidine rings is 1.